The van der Waals surface area contributed by atoms with Crippen LogP contribution in [0.4, 0.5) is 4.79 Å². The van der Waals surface area contributed by atoms with Gasteiger partial charge in [-0.05, 0) is 19.3 Å². The van der Waals surface area contributed by atoms with Crippen molar-refractivity contribution in [1.29, 1.82) is 0 Å². The Kier molecular flexibility index (Phi) is 6.41. The number of hydrogen-bond donors (Lipinski definition) is 4. The number of rotatable bonds is 7. The van der Waals surface area contributed by atoms with Gasteiger partial charge in [0, 0.05) is 13.1 Å². The van der Waals surface area contributed by atoms with E-state index in [2.05, 4.69) is 10.6 Å². The molecule has 0 aromatic rings. The van der Waals surface area contributed by atoms with Gasteiger partial charge in [0.05, 0.1) is 11.2 Å². The molecule has 0 spiro atoms. The van der Waals surface area contributed by atoms with Gasteiger partial charge >= 0.3 is 12.0 Å². The second kappa shape index (κ2) is 7.60. The van der Waals surface area contributed by atoms with Gasteiger partial charge in [-0.25, -0.2) is 18.4 Å². The maximum atomic E-state index is 11.6. The summed E-state index contributed by atoms with van der Waals surface area (Å²) in [6.45, 7) is 0.256. The molecule has 0 atom stereocenters. The van der Waals surface area contributed by atoms with Crippen LogP contribution in [0.25, 0.3) is 0 Å². The highest BCUT2D eigenvalue weighted by atomic mass is 32.2. The molecule has 0 aromatic carbocycles. The number of nitrogens with one attached hydrogen (secondary N) is 2. The maximum Gasteiger partial charge on any atom is 0.314 e. The minimum Gasteiger partial charge on any atom is -0.481 e. The van der Waals surface area contributed by atoms with Crippen molar-refractivity contribution in [1.82, 2.24) is 10.6 Å². The van der Waals surface area contributed by atoms with Crippen LogP contribution < -0.4 is 15.8 Å². The Morgan fingerprint density at radius 1 is 1.14 bits per heavy atom. The van der Waals surface area contributed by atoms with Crippen molar-refractivity contribution in [2.75, 3.05) is 18.8 Å². The number of aliphatic carboxylic acids is 1. The van der Waals surface area contributed by atoms with Crippen molar-refractivity contribution in [2.45, 2.75) is 38.5 Å². The highest BCUT2D eigenvalue weighted by Gasteiger charge is 2.39. The molecule has 1 aliphatic rings. The number of urea groups is 1. The number of carbonyl (C=O) groups excluding carboxylic acids is 1. The second-order valence-electron chi connectivity index (χ2n) is 5.48. The third-order valence-electron chi connectivity index (χ3n) is 3.74. The largest absolute Gasteiger partial charge is 0.481 e. The van der Waals surface area contributed by atoms with E-state index < -0.39 is 27.4 Å². The van der Waals surface area contributed by atoms with E-state index in [1.165, 1.54) is 0 Å². The summed E-state index contributed by atoms with van der Waals surface area (Å²) in [5, 5.41) is 19.2. The van der Waals surface area contributed by atoms with Crippen LogP contribution >= 0.6 is 0 Å². The summed E-state index contributed by atoms with van der Waals surface area (Å²) in [7, 11) is -3.52. The molecule has 0 radical (unpaired) electrons. The molecule has 8 nitrogen and oxygen atoms in total. The van der Waals surface area contributed by atoms with Gasteiger partial charge in [0.15, 0.2) is 0 Å². The van der Waals surface area contributed by atoms with Gasteiger partial charge in [-0.3, -0.25) is 4.79 Å². The molecule has 0 aliphatic heterocycles. The average Bonchev–Trinajstić information content (AvgIpc) is 2.41. The molecule has 21 heavy (non-hydrogen) atoms. The first kappa shape index (κ1) is 17.7. The summed E-state index contributed by atoms with van der Waals surface area (Å²) in [5.74, 6) is -1.08. The Hall–Kier alpha value is -1.35. The lowest BCUT2D eigenvalue weighted by molar-refractivity contribution is -0.150. The highest BCUT2D eigenvalue weighted by molar-refractivity contribution is 7.89. The van der Waals surface area contributed by atoms with Gasteiger partial charge in [0.1, 0.15) is 0 Å². The lowest BCUT2D eigenvalue weighted by Gasteiger charge is -2.33. The number of carboxylic acid groups (broad SMARTS) is 1. The Bertz CT molecular complexity index is 471. The number of sulfonamides is 1. The quantitative estimate of drug-likeness (QED) is 0.489. The standard InChI is InChI=1S/C12H23N3O5S/c13-21(19,20)8-4-7-14-11(18)15-9-12(10(16)17)5-2-1-3-6-12/h1-9H2,(H,16,17)(H2,13,19,20)(H2,14,15,18). The molecule has 0 unspecified atom stereocenters. The van der Waals surface area contributed by atoms with E-state index in [9.17, 15) is 23.1 Å². The van der Waals surface area contributed by atoms with Crippen LogP contribution in [0.1, 0.15) is 38.5 Å². The van der Waals surface area contributed by atoms with Gasteiger partial charge < -0.3 is 15.7 Å². The lowest BCUT2D eigenvalue weighted by atomic mass is 9.74. The first-order chi connectivity index (χ1) is 9.75. The number of amides is 2. The van der Waals surface area contributed by atoms with E-state index in [-0.39, 0.29) is 25.3 Å². The first-order valence-electron chi connectivity index (χ1n) is 7.01. The van der Waals surface area contributed by atoms with Gasteiger partial charge in [0.25, 0.3) is 0 Å². The van der Waals surface area contributed by atoms with E-state index >= 15 is 0 Å². The van der Waals surface area contributed by atoms with Gasteiger partial charge in [-0.15, -0.1) is 0 Å². The fraction of sp³-hybridized carbons (Fsp3) is 0.833. The van der Waals surface area contributed by atoms with Crippen molar-refractivity contribution < 1.29 is 23.1 Å². The highest BCUT2D eigenvalue weighted by Crippen LogP contribution is 2.35. The molecule has 0 saturated heterocycles. The number of carbonyl (C=O) groups is 2. The molecule has 0 heterocycles. The molecule has 5 N–H and O–H groups in total. The van der Waals surface area contributed by atoms with E-state index in [0.717, 1.165) is 19.3 Å². The van der Waals surface area contributed by atoms with Crippen LogP contribution in [-0.2, 0) is 14.8 Å². The molecule has 0 bridgehead atoms. The number of primary sulfonamides is 1. The average molecular weight is 321 g/mol. The van der Waals surface area contributed by atoms with Crippen molar-refractivity contribution in [3.63, 3.8) is 0 Å². The van der Waals surface area contributed by atoms with Crippen LogP contribution in [0.3, 0.4) is 0 Å². The zero-order chi connectivity index (χ0) is 15.9. The minimum absolute atomic E-state index is 0.0867. The fourth-order valence-corrected chi connectivity index (χ4v) is 3.03. The monoisotopic (exact) mass is 321 g/mol. The molecule has 9 heteroatoms. The predicted octanol–water partition coefficient (Wildman–Crippen LogP) is -0.000700. The summed E-state index contributed by atoms with van der Waals surface area (Å²) in [5.41, 5.74) is -0.879. The van der Waals surface area contributed by atoms with Crippen LogP contribution in [0, 0.1) is 5.41 Å². The van der Waals surface area contributed by atoms with Crippen molar-refractivity contribution in [3.8, 4) is 0 Å². The van der Waals surface area contributed by atoms with E-state index in [4.69, 9.17) is 5.14 Å². The molecule has 1 fully saturated rings. The molecule has 122 valence electrons. The first-order valence-corrected chi connectivity index (χ1v) is 8.72. The molecule has 1 saturated carbocycles. The van der Waals surface area contributed by atoms with Crippen molar-refractivity contribution in [2.24, 2.45) is 10.6 Å². The lowest BCUT2D eigenvalue weighted by Crippen LogP contribution is -2.47. The molecule has 2 amide bonds. The Morgan fingerprint density at radius 3 is 2.29 bits per heavy atom. The summed E-state index contributed by atoms with van der Waals surface area (Å²) < 4.78 is 21.4. The Morgan fingerprint density at radius 2 is 1.76 bits per heavy atom. The van der Waals surface area contributed by atoms with Crippen LogP contribution in [0.2, 0.25) is 0 Å². The molecule has 1 aliphatic carbocycles. The maximum absolute atomic E-state index is 11.6. The van der Waals surface area contributed by atoms with Crippen LogP contribution in [0.5, 0.6) is 0 Å². The van der Waals surface area contributed by atoms with Crippen LogP contribution in [0.15, 0.2) is 0 Å². The second-order valence-corrected chi connectivity index (χ2v) is 7.21. The summed E-state index contributed by atoms with van der Waals surface area (Å²) in [6.07, 6.45) is 4.07. The Balaban J connectivity index is 2.32. The summed E-state index contributed by atoms with van der Waals surface area (Å²) >= 11 is 0. The molecule has 1 rings (SSSR count). The number of nitrogens with two attached hydrogens (primary N) is 1. The predicted molar refractivity (Wildman–Crippen MR) is 77.1 cm³/mol. The number of hydrogen-bond acceptors (Lipinski definition) is 4. The van der Waals surface area contributed by atoms with Gasteiger partial charge in [-0.1, -0.05) is 19.3 Å². The summed E-state index contributed by atoms with van der Waals surface area (Å²) in [6, 6.07) is -0.490. The molecular formula is C12H23N3O5S. The third-order valence-corrected chi connectivity index (χ3v) is 4.60. The van der Waals surface area contributed by atoms with Gasteiger partial charge in [-0.2, -0.15) is 0 Å². The van der Waals surface area contributed by atoms with Crippen LogP contribution in [-0.4, -0.2) is 44.4 Å². The van der Waals surface area contributed by atoms with Crippen molar-refractivity contribution >= 4 is 22.0 Å². The zero-order valence-corrected chi connectivity index (χ0v) is 12.7. The summed E-state index contributed by atoms with van der Waals surface area (Å²) in [4.78, 5) is 23.0. The van der Waals surface area contributed by atoms with E-state index in [1.54, 1.807) is 0 Å². The minimum atomic E-state index is -3.52. The van der Waals surface area contributed by atoms with E-state index in [0.29, 0.717) is 12.8 Å². The van der Waals surface area contributed by atoms with Gasteiger partial charge in [0.2, 0.25) is 10.0 Å². The van der Waals surface area contributed by atoms with E-state index in [1.807, 2.05) is 0 Å². The fourth-order valence-electron chi connectivity index (χ4n) is 2.48. The topological polar surface area (TPSA) is 139 Å². The molecular weight excluding hydrogens is 298 g/mol. The van der Waals surface area contributed by atoms with Crippen molar-refractivity contribution in [3.05, 3.63) is 0 Å². The zero-order valence-electron chi connectivity index (χ0n) is 11.9. The Labute approximate surface area is 124 Å². The smallest absolute Gasteiger partial charge is 0.314 e. The molecule has 0 aromatic heterocycles. The SMILES string of the molecule is NS(=O)(=O)CCCNC(=O)NCC1(C(=O)O)CCCCC1. The third kappa shape index (κ3) is 6.30. The number of carboxylic acids is 1. The normalized spacial score (nSPS) is 18.0.